The first-order valence-electron chi connectivity index (χ1n) is 14.2. The molecule has 2 fully saturated rings. The van der Waals surface area contributed by atoms with E-state index in [0.29, 0.717) is 49.2 Å². The molecule has 0 spiro atoms. The van der Waals surface area contributed by atoms with Gasteiger partial charge in [-0.2, -0.15) is 4.31 Å². The van der Waals surface area contributed by atoms with E-state index in [-0.39, 0.29) is 35.9 Å². The number of rotatable bonds is 11. The summed E-state index contributed by atoms with van der Waals surface area (Å²) in [5, 5.41) is 8.78. The number of nitrogens with one attached hydrogen (secondary N) is 3. The van der Waals surface area contributed by atoms with Crippen molar-refractivity contribution >= 4 is 27.3 Å². The quantitative estimate of drug-likeness (QED) is 0.293. The van der Waals surface area contributed by atoms with Crippen LogP contribution in [0.4, 0.5) is 24.5 Å². The van der Waals surface area contributed by atoms with E-state index < -0.39 is 39.4 Å². The number of amides is 1. The van der Waals surface area contributed by atoms with E-state index in [4.69, 9.17) is 0 Å². The topological polar surface area (TPSA) is 90.5 Å². The zero-order valence-electron chi connectivity index (χ0n) is 23.3. The molecule has 3 aromatic carbocycles. The molecule has 1 saturated carbocycles. The zero-order valence-corrected chi connectivity index (χ0v) is 24.1. The van der Waals surface area contributed by atoms with E-state index in [2.05, 4.69) is 16.0 Å². The molecule has 1 heterocycles. The van der Waals surface area contributed by atoms with Crippen LogP contribution in [0.25, 0.3) is 0 Å². The first kappa shape index (κ1) is 30.1. The molecule has 0 bridgehead atoms. The second-order valence-electron chi connectivity index (χ2n) is 11.1. The Balaban J connectivity index is 1.38. The standard InChI is InChI=1S/C31H35F3N4O3S/c1-20-18-35-19-25(38(20)42(40,41)26-12-13-26)11-14-27-28(34)9-4-10-29(27)37-30(16-21-5-2-6-22(32)15-21)31(39)36-24-8-3-7-23(33)17-24/h2-10,15,17,20,25-26,30,35,37H,11-14,16,18-19H2,1H3,(H,36,39)/t20-,25-,30-/m0/s1. The molecular weight excluding hydrogens is 565 g/mol. The summed E-state index contributed by atoms with van der Waals surface area (Å²) in [6, 6.07) is 14.3. The van der Waals surface area contributed by atoms with Crippen LogP contribution in [0, 0.1) is 17.5 Å². The number of piperazine rings is 1. The molecular formula is C31H35F3N4O3S. The average Bonchev–Trinajstić information content (AvgIpc) is 3.79. The largest absolute Gasteiger partial charge is 0.373 e. The smallest absolute Gasteiger partial charge is 0.247 e. The Morgan fingerprint density at radius 2 is 1.71 bits per heavy atom. The molecule has 5 rings (SSSR count). The maximum Gasteiger partial charge on any atom is 0.247 e. The van der Waals surface area contributed by atoms with Crippen LogP contribution in [0.2, 0.25) is 0 Å². The van der Waals surface area contributed by atoms with Crippen molar-refractivity contribution in [1.29, 1.82) is 0 Å². The highest BCUT2D eigenvalue weighted by atomic mass is 32.2. The molecule has 11 heteroatoms. The van der Waals surface area contributed by atoms with E-state index in [9.17, 15) is 22.0 Å². The van der Waals surface area contributed by atoms with Crippen LogP contribution in [-0.2, 0) is 27.7 Å². The fourth-order valence-electron chi connectivity index (χ4n) is 5.58. The predicted octanol–water partition coefficient (Wildman–Crippen LogP) is 4.85. The lowest BCUT2D eigenvalue weighted by molar-refractivity contribution is -0.116. The monoisotopic (exact) mass is 600 g/mol. The molecule has 1 aliphatic heterocycles. The lowest BCUT2D eigenvalue weighted by Crippen LogP contribution is -2.59. The minimum atomic E-state index is -3.44. The number of benzene rings is 3. The molecule has 0 radical (unpaired) electrons. The van der Waals surface area contributed by atoms with E-state index >= 15 is 4.39 Å². The predicted molar refractivity (Wildman–Crippen MR) is 157 cm³/mol. The van der Waals surface area contributed by atoms with E-state index in [1.54, 1.807) is 28.6 Å². The van der Waals surface area contributed by atoms with Crippen molar-refractivity contribution in [2.75, 3.05) is 23.7 Å². The minimum Gasteiger partial charge on any atom is -0.373 e. The van der Waals surface area contributed by atoms with Gasteiger partial charge in [0, 0.05) is 48.5 Å². The van der Waals surface area contributed by atoms with Crippen LogP contribution >= 0.6 is 0 Å². The molecule has 7 nitrogen and oxygen atoms in total. The maximum absolute atomic E-state index is 15.3. The van der Waals surface area contributed by atoms with Gasteiger partial charge in [-0.15, -0.1) is 0 Å². The molecule has 0 unspecified atom stereocenters. The van der Waals surface area contributed by atoms with Crippen molar-refractivity contribution in [2.24, 2.45) is 0 Å². The van der Waals surface area contributed by atoms with Gasteiger partial charge in [0.15, 0.2) is 0 Å². The first-order valence-corrected chi connectivity index (χ1v) is 15.7. The number of anilines is 2. The molecule has 3 atom stereocenters. The SMILES string of the molecule is C[C@H]1CNC[C@H](CCc2c(F)cccc2N[C@@H](Cc2cccc(F)c2)C(=O)Nc2cccc(F)c2)N1S(=O)(=O)C1CC1. The fraction of sp³-hybridized carbons (Fsp3) is 0.387. The molecule has 2 aliphatic rings. The van der Waals surface area contributed by atoms with Gasteiger partial charge in [0.2, 0.25) is 15.9 Å². The molecule has 3 aromatic rings. The Morgan fingerprint density at radius 1 is 1.00 bits per heavy atom. The molecule has 3 N–H and O–H groups in total. The number of carbonyl (C=O) groups is 1. The van der Waals surface area contributed by atoms with Crippen molar-refractivity contribution < 1.29 is 26.4 Å². The summed E-state index contributed by atoms with van der Waals surface area (Å²) < 4.78 is 71.1. The van der Waals surface area contributed by atoms with E-state index in [1.807, 2.05) is 6.92 Å². The Labute approximate surface area is 244 Å². The van der Waals surface area contributed by atoms with Gasteiger partial charge in [0.1, 0.15) is 23.5 Å². The molecule has 1 amide bonds. The summed E-state index contributed by atoms with van der Waals surface area (Å²) in [5.41, 5.74) is 1.49. The van der Waals surface area contributed by atoms with Gasteiger partial charge in [-0.3, -0.25) is 4.79 Å². The van der Waals surface area contributed by atoms with Crippen molar-refractivity contribution in [3.05, 3.63) is 95.3 Å². The maximum atomic E-state index is 15.3. The van der Waals surface area contributed by atoms with Gasteiger partial charge in [-0.25, -0.2) is 21.6 Å². The van der Waals surface area contributed by atoms with Gasteiger partial charge in [0.25, 0.3) is 0 Å². The molecule has 1 aliphatic carbocycles. The number of sulfonamides is 1. The third-order valence-electron chi connectivity index (χ3n) is 7.77. The van der Waals surface area contributed by atoms with Gasteiger partial charge < -0.3 is 16.0 Å². The Morgan fingerprint density at radius 3 is 2.43 bits per heavy atom. The average molecular weight is 601 g/mol. The summed E-state index contributed by atoms with van der Waals surface area (Å²) in [6.07, 6.45) is 2.01. The highest BCUT2D eigenvalue weighted by molar-refractivity contribution is 7.90. The number of halogens is 3. The van der Waals surface area contributed by atoms with Crippen molar-refractivity contribution in [3.63, 3.8) is 0 Å². The van der Waals surface area contributed by atoms with Gasteiger partial charge >= 0.3 is 0 Å². The highest BCUT2D eigenvalue weighted by Crippen LogP contribution is 2.35. The summed E-state index contributed by atoms with van der Waals surface area (Å²) in [5.74, 6) is -1.96. The van der Waals surface area contributed by atoms with Crippen LogP contribution in [0.1, 0.15) is 37.3 Å². The first-order chi connectivity index (χ1) is 20.1. The van der Waals surface area contributed by atoms with Crippen molar-refractivity contribution in [3.8, 4) is 0 Å². The normalized spacial score (nSPS) is 20.2. The summed E-state index contributed by atoms with van der Waals surface area (Å²) in [4.78, 5) is 13.4. The van der Waals surface area contributed by atoms with Gasteiger partial charge in [0.05, 0.1) is 5.25 Å². The van der Waals surface area contributed by atoms with Crippen LogP contribution in [-0.4, -0.2) is 55.1 Å². The zero-order chi connectivity index (χ0) is 29.9. The summed E-state index contributed by atoms with van der Waals surface area (Å²) >= 11 is 0. The number of nitrogens with zero attached hydrogens (tertiary/aromatic N) is 1. The van der Waals surface area contributed by atoms with Crippen LogP contribution in [0.3, 0.4) is 0 Å². The van der Waals surface area contributed by atoms with E-state index in [0.717, 1.165) is 0 Å². The van der Waals surface area contributed by atoms with Gasteiger partial charge in [-0.05, 0) is 80.6 Å². The third-order valence-corrected chi connectivity index (χ3v) is 10.3. The molecule has 42 heavy (non-hydrogen) atoms. The summed E-state index contributed by atoms with van der Waals surface area (Å²) in [6.45, 7) is 2.90. The molecule has 224 valence electrons. The number of hydrogen-bond acceptors (Lipinski definition) is 5. The second-order valence-corrected chi connectivity index (χ2v) is 13.2. The van der Waals surface area contributed by atoms with E-state index in [1.165, 1.54) is 42.5 Å². The Hall–Kier alpha value is -3.41. The van der Waals surface area contributed by atoms with Crippen LogP contribution in [0.5, 0.6) is 0 Å². The van der Waals surface area contributed by atoms with Crippen LogP contribution < -0.4 is 16.0 Å². The Kier molecular flexibility index (Phi) is 9.19. The van der Waals surface area contributed by atoms with Crippen molar-refractivity contribution in [2.45, 2.75) is 62.4 Å². The third kappa shape index (κ3) is 7.14. The Bertz CT molecular complexity index is 1530. The molecule has 0 aromatic heterocycles. The lowest BCUT2D eigenvalue weighted by Gasteiger charge is -2.40. The lowest BCUT2D eigenvalue weighted by atomic mass is 9.99. The molecule has 1 saturated heterocycles. The number of carbonyl (C=O) groups excluding carboxylic acids is 1. The fourth-order valence-corrected chi connectivity index (χ4v) is 7.82. The van der Waals surface area contributed by atoms with Crippen LogP contribution in [0.15, 0.2) is 66.7 Å². The minimum absolute atomic E-state index is 0.0757. The summed E-state index contributed by atoms with van der Waals surface area (Å²) in [7, 11) is -3.44. The second kappa shape index (κ2) is 12.8. The van der Waals surface area contributed by atoms with Gasteiger partial charge in [-0.1, -0.05) is 24.3 Å². The number of hydrogen-bond donors (Lipinski definition) is 3. The highest BCUT2D eigenvalue weighted by Gasteiger charge is 2.45. The van der Waals surface area contributed by atoms with Crippen molar-refractivity contribution in [1.82, 2.24) is 9.62 Å².